The van der Waals surface area contributed by atoms with E-state index in [1.165, 1.54) is 5.56 Å². The molecule has 0 aliphatic carbocycles. The van der Waals surface area contributed by atoms with Crippen LogP contribution in [0, 0.1) is 6.92 Å². The molecule has 0 heterocycles. The zero-order chi connectivity index (χ0) is 5.11. The summed E-state index contributed by atoms with van der Waals surface area (Å²) < 4.78 is 0. The Balaban J connectivity index is -0.0000000327. The predicted molar refractivity (Wildman–Crippen MR) is 60.2 cm³/mol. The van der Waals surface area contributed by atoms with Gasteiger partial charge in [0, 0.05) is 26.2 Å². The molecule has 0 aliphatic rings. The van der Waals surface area contributed by atoms with Crippen molar-refractivity contribution in [2.24, 2.45) is 0 Å². The third-order valence-electron chi connectivity index (χ3n) is 0.940. The van der Waals surface area contributed by atoms with Gasteiger partial charge in [-0.25, -0.2) is 0 Å². The van der Waals surface area contributed by atoms with Gasteiger partial charge in [-0.1, -0.05) is 35.9 Å². The minimum Gasteiger partial charge on any atom is -0.147 e. The van der Waals surface area contributed by atoms with Crippen LogP contribution >= 0.6 is 49.6 Å². The average Bonchev–Trinajstić information content (AvgIpc) is 1.69. The van der Waals surface area contributed by atoms with Gasteiger partial charge < -0.3 is 0 Å². The van der Waals surface area contributed by atoms with Crippen molar-refractivity contribution in [2.75, 3.05) is 0 Å². The van der Waals surface area contributed by atoms with Gasteiger partial charge in [0.15, 0.2) is 0 Å². The molecule has 0 nitrogen and oxygen atoms in total. The molecule has 5 heteroatoms. The average molecular weight is 329 g/mol. The fourth-order valence-electron chi connectivity index (χ4n) is 0.534. The topological polar surface area (TPSA) is 0 Å². The Bertz CT molecular complexity index is 145. The van der Waals surface area contributed by atoms with Crippen molar-refractivity contribution in [1.82, 2.24) is 0 Å². The van der Waals surface area contributed by atoms with Crippen molar-refractivity contribution in [3.05, 3.63) is 35.9 Å². The van der Waals surface area contributed by atoms with Crippen LogP contribution in [-0.2, 0) is 26.2 Å². The van der Waals surface area contributed by atoms with Gasteiger partial charge in [-0.05, 0) is 6.92 Å². The first-order valence-electron chi connectivity index (χ1n) is 2.41. The molecular formula is C7H12Cl4Zr. The molecule has 0 saturated carbocycles. The van der Waals surface area contributed by atoms with E-state index in [4.69, 9.17) is 0 Å². The smallest absolute Gasteiger partial charge is 0 e. The summed E-state index contributed by atoms with van der Waals surface area (Å²) in [6.07, 6.45) is 0. The van der Waals surface area contributed by atoms with Crippen LogP contribution in [0.1, 0.15) is 5.56 Å². The summed E-state index contributed by atoms with van der Waals surface area (Å²) in [4.78, 5) is 0. The van der Waals surface area contributed by atoms with Gasteiger partial charge in [0.05, 0.1) is 0 Å². The van der Waals surface area contributed by atoms with Crippen LogP contribution in [0.25, 0.3) is 0 Å². The minimum absolute atomic E-state index is 0. The van der Waals surface area contributed by atoms with Crippen LogP contribution in [0.3, 0.4) is 0 Å². The fourth-order valence-corrected chi connectivity index (χ4v) is 0.534. The van der Waals surface area contributed by atoms with E-state index in [9.17, 15) is 0 Å². The molecule has 0 radical (unpaired) electrons. The molecule has 0 N–H and O–H groups in total. The second kappa shape index (κ2) is 18.1. The minimum atomic E-state index is 0. The van der Waals surface area contributed by atoms with Gasteiger partial charge >= 0.3 is 0 Å². The number of rotatable bonds is 0. The van der Waals surface area contributed by atoms with Gasteiger partial charge in [-0.15, -0.1) is 49.6 Å². The largest absolute Gasteiger partial charge is 0.147 e. The monoisotopic (exact) mass is 326 g/mol. The third-order valence-corrected chi connectivity index (χ3v) is 0.940. The van der Waals surface area contributed by atoms with E-state index in [1.54, 1.807) is 0 Å². The van der Waals surface area contributed by atoms with Crippen molar-refractivity contribution in [2.45, 2.75) is 6.92 Å². The molecule has 0 unspecified atom stereocenters. The van der Waals surface area contributed by atoms with Crippen molar-refractivity contribution in [3.8, 4) is 0 Å². The first-order valence-corrected chi connectivity index (χ1v) is 2.41. The van der Waals surface area contributed by atoms with Crippen LogP contribution in [0.5, 0.6) is 0 Å². The standard InChI is InChI=1S/C7H8.4ClH.Zr/c1-7-5-3-2-4-6-7;;;;;/h2-6H,1H3;4*1H;. The maximum atomic E-state index is 2.08. The molecule has 0 bridgehead atoms. The molecule has 0 fully saturated rings. The first kappa shape index (κ1) is 29.2. The van der Waals surface area contributed by atoms with E-state index in [-0.39, 0.29) is 75.8 Å². The van der Waals surface area contributed by atoms with Crippen molar-refractivity contribution in [1.29, 1.82) is 0 Å². The molecule has 0 saturated heterocycles. The maximum absolute atomic E-state index is 2.08. The van der Waals surface area contributed by atoms with Crippen LogP contribution < -0.4 is 0 Å². The Morgan fingerprint density at radius 2 is 1.08 bits per heavy atom. The summed E-state index contributed by atoms with van der Waals surface area (Å²) in [6, 6.07) is 10.3. The maximum Gasteiger partial charge on any atom is 0 e. The second-order valence-electron chi connectivity index (χ2n) is 1.65. The third kappa shape index (κ3) is 13.8. The molecule has 0 atom stereocenters. The molecule has 1 aromatic rings. The molecule has 72 valence electrons. The molecule has 1 rings (SSSR count). The van der Waals surface area contributed by atoms with Crippen LogP contribution in [0.2, 0.25) is 0 Å². The summed E-state index contributed by atoms with van der Waals surface area (Å²) in [5.41, 5.74) is 1.32. The van der Waals surface area contributed by atoms with Gasteiger partial charge in [0.1, 0.15) is 0 Å². The summed E-state index contributed by atoms with van der Waals surface area (Å²) in [5.74, 6) is 0. The zero-order valence-electron chi connectivity index (χ0n) is 6.52. The van der Waals surface area contributed by atoms with Crippen molar-refractivity contribution >= 4 is 49.6 Å². The number of benzene rings is 1. The number of hydrogen-bond donors (Lipinski definition) is 0. The molecule has 0 aromatic heterocycles. The van der Waals surface area contributed by atoms with Crippen LogP contribution in [-0.4, -0.2) is 0 Å². The summed E-state index contributed by atoms with van der Waals surface area (Å²) in [7, 11) is 0. The molecule has 0 spiro atoms. The van der Waals surface area contributed by atoms with Gasteiger partial charge in [0.2, 0.25) is 0 Å². The van der Waals surface area contributed by atoms with Crippen LogP contribution in [0.4, 0.5) is 0 Å². The molecular weight excluding hydrogens is 317 g/mol. The van der Waals surface area contributed by atoms with E-state index in [2.05, 4.69) is 19.1 Å². The number of halogens is 4. The zero-order valence-corrected chi connectivity index (χ0v) is 12.2. The van der Waals surface area contributed by atoms with Crippen molar-refractivity contribution in [3.63, 3.8) is 0 Å². The summed E-state index contributed by atoms with van der Waals surface area (Å²) >= 11 is 0. The van der Waals surface area contributed by atoms with E-state index < -0.39 is 0 Å². The van der Waals surface area contributed by atoms with E-state index >= 15 is 0 Å². The SMILES string of the molecule is Cc1ccccc1.Cl.Cl.Cl.Cl.[Zr]. The number of aryl methyl sites for hydroxylation is 1. The molecule has 12 heavy (non-hydrogen) atoms. The molecule has 0 aliphatic heterocycles. The molecule has 1 aromatic carbocycles. The normalized spacial score (nSPS) is 5.08. The quantitative estimate of drug-likeness (QED) is 0.681. The Labute approximate surface area is 118 Å². The molecule has 0 amide bonds. The van der Waals surface area contributed by atoms with E-state index in [0.717, 1.165) is 0 Å². The summed E-state index contributed by atoms with van der Waals surface area (Å²) in [6.45, 7) is 2.08. The first-order chi connectivity index (χ1) is 3.39. The summed E-state index contributed by atoms with van der Waals surface area (Å²) in [5, 5.41) is 0. The number of hydrogen-bond acceptors (Lipinski definition) is 0. The second-order valence-corrected chi connectivity index (χ2v) is 1.65. The van der Waals surface area contributed by atoms with Gasteiger partial charge in [-0.3, -0.25) is 0 Å². The van der Waals surface area contributed by atoms with Gasteiger partial charge in [-0.2, -0.15) is 0 Å². The Morgan fingerprint density at radius 3 is 1.25 bits per heavy atom. The van der Waals surface area contributed by atoms with Crippen molar-refractivity contribution < 1.29 is 26.2 Å². The Hall–Kier alpha value is 1.26. The predicted octanol–water partition coefficient (Wildman–Crippen LogP) is 3.68. The van der Waals surface area contributed by atoms with E-state index in [0.29, 0.717) is 0 Å². The van der Waals surface area contributed by atoms with E-state index in [1.807, 2.05) is 18.2 Å². The van der Waals surface area contributed by atoms with Gasteiger partial charge in [0.25, 0.3) is 0 Å². The Kier molecular flexibility index (Phi) is 44.1. The Morgan fingerprint density at radius 1 is 0.750 bits per heavy atom. The fraction of sp³-hybridized carbons (Fsp3) is 0.143. The van der Waals surface area contributed by atoms with Crippen LogP contribution in [0.15, 0.2) is 30.3 Å².